The van der Waals surface area contributed by atoms with Crippen LogP contribution in [0.2, 0.25) is 0 Å². The first-order chi connectivity index (χ1) is 14.6. The van der Waals surface area contributed by atoms with E-state index in [2.05, 4.69) is 18.7 Å². The van der Waals surface area contributed by atoms with Crippen LogP contribution in [0.3, 0.4) is 0 Å². The first-order valence-corrected chi connectivity index (χ1v) is 10.9. The number of carbonyl (C=O) groups is 1. The number of hydrogen-bond donors (Lipinski definition) is 1. The number of benzene rings is 1. The molecule has 0 unspecified atom stereocenters. The van der Waals surface area contributed by atoms with Gasteiger partial charge in [0.1, 0.15) is 18.8 Å². The highest BCUT2D eigenvalue weighted by Crippen LogP contribution is 2.37. The third-order valence-electron chi connectivity index (χ3n) is 6.50. The molecule has 8 heteroatoms. The van der Waals surface area contributed by atoms with Crippen LogP contribution in [-0.2, 0) is 9.53 Å². The molecule has 1 saturated carbocycles. The molecule has 1 aliphatic carbocycles. The first kappa shape index (κ1) is 23.9. The van der Waals surface area contributed by atoms with Crippen molar-refractivity contribution in [2.45, 2.75) is 51.2 Å². The number of rotatable bonds is 6. The van der Waals surface area contributed by atoms with E-state index >= 15 is 0 Å². The molecule has 31 heavy (non-hydrogen) atoms. The van der Waals surface area contributed by atoms with E-state index in [1.807, 2.05) is 0 Å². The molecule has 0 radical (unpaired) electrons. The van der Waals surface area contributed by atoms with E-state index in [1.165, 1.54) is 19.2 Å². The lowest BCUT2D eigenvalue weighted by molar-refractivity contribution is -0.138. The van der Waals surface area contributed by atoms with Gasteiger partial charge in [0.15, 0.2) is 11.6 Å². The number of amides is 1. The van der Waals surface area contributed by atoms with E-state index in [1.54, 1.807) is 4.90 Å². The summed E-state index contributed by atoms with van der Waals surface area (Å²) in [5.74, 6) is -2.56. The summed E-state index contributed by atoms with van der Waals surface area (Å²) < 4.78 is 38.1. The molecule has 0 bridgehead atoms. The fraction of sp³-hybridized carbons (Fsp3) is 0.696. The van der Waals surface area contributed by atoms with Crippen molar-refractivity contribution < 1.29 is 28.2 Å². The summed E-state index contributed by atoms with van der Waals surface area (Å²) in [6.07, 6.45) is 4.25. The molecule has 1 atom stereocenters. The van der Waals surface area contributed by atoms with Gasteiger partial charge in [-0.25, -0.2) is 4.39 Å². The van der Waals surface area contributed by atoms with Crippen molar-refractivity contribution in [1.29, 1.82) is 0 Å². The van der Waals surface area contributed by atoms with Gasteiger partial charge in [-0.3, -0.25) is 9.69 Å². The summed E-state index contributed by atoms with van der Waals surface area (Å²) in [4.78, 5) is 16.3. The summed E-state index contributed by atoms with van der Waals surface area (Å²) in [7, 11) is 1.45. The number of ether oxygens (including phenoxy) is 2. The topological polar surface area (TPSA) is 62.2 Å². The fourth-order valence-electron chi connectivity index (χ4n) is 4.58. The van der Waals surface area contributed by atoms with Gasteiger partial charge in [-0.2, -0.15) is 4.39 Å². The largest absolute Gasteiger partial charge is 0.487 e. The average Bonchev–Trinajstić information content (AvgIpc) is 2.89. The van der Waals surface area contributed by atoms with Gasteiger partial charge in [-0.15, -0.1) is 0 Å². The van der Waals surface area contributed by atoms with Crippen molar-refractivity contribution in [3.05, 3.63) is 29.8 Å². The Morgan fingerprint density at radius 1 is 1.19 bits per heavy atom. The minimum absolute atomic E-state index is 0.0425. The van der Waals surface area contributed by atoms with Gasteiger partial charge in [0.05, 0.1) is 6.54 Å². The number of β-amino-alcohol motifs (C(OH)–C–C–N with tert-alkyl or cyclic N) is 1. The fourth-order valence-corrected chi connectivity index (χ4v) is 4.58. The third-order valence-corrected chi connectivity index (χ3v) is 6.50. The van der Waals surface area contributed by atoms with Crippen LogP contribution in [0.5, 0.6) is 5.75 Å². The summed E-state index contributed by atoms with van der Waals surface area (Å²) >= 11 is 0. The molecule has 2 aliphatic rings. The summed E-state index contributed by atoms with van der Waals surface area (Å²) in [6, 6.07) is 4.01. The van der Waals surface area contributed by atoms with Crippen LogP contribution in [0.15, 0.2) is 18.2 Å². The highest BCUT2D eigenvalue weighted by atomic mass is 19.2. The Morgan fingerprint density at radius 2 is 1.90 bits per heavy atom. The second-order valence-corrected chi connectivity index (χ2v) is 9.68. The van der Waals surface area contributed by atoms with Crippen molar-refractivity contribution in [3.63, 3.8) is 0 Å². The Labute approximate surface area is 183 Å². The van der Waals surface area contributed by atoms with Crippen LogP contribution in [0, 0.1) is 17.0 Å². The highest BCUT2D eigenvalue weighted by Gasteiger charge is 2.41. The van der Waals surface area contributed by atoms with E-state index in [0.717, 1.165) is 31.7 Å². The van der Waals surface area contributed by atoms with Crippen molar-refractivity contribution in [2.24, 2.45) is 5.41 Å². The van der Waals surface area contributed by atoms with Crippen LogP contribution >= 0.6 is 0 Å². The van der Waals surface area contributed by atoms with Crippen molar-refractivity contribution in [2.75, 3.05) is 46.5 Å². The number of nitrogens with zero attached hydrogens (tertiary/aromatic N) is 2. The molecule has 1 aromatic rings. The smallest absolute Gasteiger partial charge is 0.248 e. The monoisotopic (exact) mass is 440 g/mol. The predicted molar refractivity (Wildman–Crippen MR) is 113 cm³/mol. The Bertz CT molecular complexity index is 766. The molecule has 1 amide bonds. The van der Waals surface area contributed by atoms with Gasteiger partial charge in [0.2, 0.25) is 11.7 Å². The standard InChI is InChI=1S/C23H34F2N2O4/c1-22(2)9-7-17(8-10-22)26-11-12-27(20(28)13-30-3)15-23(29,14-26)16-31-19-6-4-5-18(24)21(19)25/h4-6,17,29H,7-16H2,1-3H3/t23-/m1/s1. The van der Waals surface area contributed by atoms with E-state index < -0.39 is 17.2 Å². The molecule has 3 rings (SSSR count). The van der Waals surface area contributed by atoms with Gasteiger partial charge < -0.3 is 19.5 Å². The van der Waals surface area contributed by atoms with Crippen LogP contribution in [-0.4, -0.2) is 79.0 Å². The van der Waals surface area contributed by atoms with E-state index in [0.29, 0.717) is 31.1 Å². The summed E-state index contributed by atoms with van der Waals surface area (Å²) in [5, 5.41) is 11.4. The Kier molecular flexibility index (Phi) is 7.55. The van der Waals surface area contributed by atoms with Gasteiger partial charge in [0.25, 0.3) is 0 Å². The third kappa shape index (κ3) is 6.14. The van der Waals surface area contributed by atoms with Gasteiger partial charge in [-0.05, 0) is 43.2 Å². The molecule has 174 valence electrons. The Morgan fingerprint density at radius 3 is 2.58 bits per heavy atom. The molecule has 1 heterocycles. The van der Waals surface area contributed by atoms with Crippen LogP contribution in [0.4, 0.5) is 8.78 Å². The van der Waals surface area contributed by atoms with Crippen LogP contribution in [0.25, 0.3) is 0 Å². The highest BCUT2D eigenvalue weighted by molar-refractivity contribution is 5.77. The van der Waals surface area contributed by atoms with Crippen molar-refractivity contribution in [1.82, 2.24) is 9.80 Å². The Balaban J connectivity index is 1.76. The first-order valence-electron chi connectivity index (χ1n) is 10.9. The molecule has 1 aromatic carbocycles. The van der Waals surface area contributed by atoms with Crippen molar-refractivity contribution in [3.8, 4) is 5.75 Å². The molecule has 6 nitrogen and oxygen atoms in total. The quantitative estimate of drug-likeness (QED) is 0.737. The van der Waals surface area contributed by atoms with Crippen molar-refractivity contribution >= 4 is 5.91 Å². The zero-order valence-electron chi connectivity index (χ0n) is 18.7. The number of methoxy groups -OCH3 is 1. The predicted octanol–water partition coefficient (Wildman–Crippen LogP) is 2.83. The maximum Gasteiger partial charge on any atom is 0.248 e. The van der Waals surface area contributed by atoms with Crippen LogP contribution < -0.4 is 4.74 Å². The zero-order chi connectivity index (χ0) is 22.6. The molecule has 1 saturated heterocycles. The maximum atomic E-state index is 14.0. The normalized spacial score (nSPS) is 25.3. The van der Waals surface area contributed by atoms with Gasteiger partial charge in [-0.1, -0.05) is 19.9 Å². The molecular weight excluding hydrogens is 406 g/mol. The van der Waals surface area contributed by atoms with Crippen LogP contribution in [0.1, 0.15) is 39.5 Å². The van der Waals surface area contributed by atoms with Gasteiger partial charge >= 0.3 is 0 Å². The lowest BCUT2D eigenvalue weighted by Gasteiger charge is -2.41. The number of aliphatic hydroxyl groups is 1. The van der Waals surface area contributed by atoms with E-state index in [-0.39, 0.29) is 31.4 Å². The van der Waals surface area contributed by atoms with E-state index in [9.17, 15) is 18.7 Å². The zero-order valence-corrected chi connectivity index (χ0v) is 18.7. The SMILES string of the molecule is COCC(=O)N1CCN(C2CCC(C)(C)CC2)C[C@](O)(COc2cccc(F)c2F)C1. The molecule has 0 aromatic heterocycles. The number of carbonyl (C=O) groups excluding carboxylic acids is 1. The number of halogens is 2. The second kappa shape index (κ2) is 9.79. The van der Waals surface area contributed by atoms with E-state index in [4.69, 9.17) is 9.47 Å². The minimum atomic E-state index is -1.42. The minimum Gasteiger partial charge on any atom is -0.487 e. The molecule has 1 N–H and O–H groups in total. The average molecular weight is 441 g/mol. The summed E-state index contributed by atoms with van der Waals surface area (Å²) in [6.45, 7) is 5.66. The molecule has 2 fully saturated rings. The molecule has 1 aliphatic heterocycles. The molecule has 0 spiro atoms. The van der Waals surface area contributed by atoms with Gasteiger partial charge in [0, 0.05) is 32.8 Å². The second-order valence-electron chi connectivity index (χ2n) is 9.68. The maximum absolute atomic E-state index is 14.0. The number of hydrogen-bond acceptors (Lipinski definition) is 5. The Hall–Kier alpha value is -1.77. The lowest BCUT2D eigenvalue weighted by Crippen LogP contribution is -2.54. The summed E-state index contributed by atoms with van der Waals surface area (Å²) in [5.41, 5.74) is -1.11. The molecular formula is C23H34F2N2O4. The lowest BCUT2D eigenvalue weighted by atomic mass is 9.75.